The molecule has 0 aliphatic carbocycles. The Morgan fingerprint density at radius 3 is 2.54 bits per heavy atom. The Labute approximate surface area is 95.8 Å². The highest BCUT2D eigenvalue weighted by Crippen LogP contribution is 2.19. The SMILES string of the molecule is CCCCCCC(C)(O)CC=CI. The molecule has 0 spiro atoms. The van der Waals surface area contributed by atoms with Crippen LogP contribution in [0.4, 0.5) is 0 Å². The second-order valence-electron chi connectivity index (χ2n) is 3.87. The predicted molar refractivity (Wildman–Crippen MR) is 67.2 cm³/mol. The molecule has 0 rings (SSSR count). The van der Waals surface area contributed by atoms with Gasteiger partial charge in [0.05, 0.1) is 5.60 Å². The molecule has 2 heteroatoms. The van der Waals surface area contributed by atoms with Gasteiger partial charge in [0.2, 0.25) is 0 Å². The molecule has 1 atom stereocenters. The molecule has 78 valence electrons. The second-order valence-corrected chi connectivity index (χ2v) is 4.59. The number of aliphatic hydroxyl groups is 1. The molecular weight excluding hydrogens is 275 g/mol. The number of hydrogen-bond donors (Lipinski definition) is 1. The molecule has 0 bridgehead atoms. The third-order valence-corrected chi connectivity index (χ3v) is 2.72. The van der Waals surface area contributed by atoms with Crippen LogP contribution in [0.2, 0.25) is 0 Å². The molecule has 0 aliphatic rings. The van der Waals surface area contributed by atoms with Crippen LogP contribution in [0, 0.1) is 0 Å². The summed E-state index contributed by atoms with van der Waals surface area (Å²) < 4.78 is 1.97. The third-order valence-electron chi connectivity index (χ3n) is 2.22. The van der Waals surface area contributed by atoms with Crippen molar-refractivity contribution in [3.05, 3.63) is 10.2 Å². The van der Waals surface area contributed by atoms with Crippen LogP contribution in [0.1, 0.15) is 52.4 Å². The van der Waals surface area contributed by atoms with Gasteiger partial charge >= 0.3 is 0 Å². The van der Waals surface area contributed by atoms with E-state index >= 15 is 0 Å². The smallest absolute Gasteiger partial charge is 0.0654 e. The summed E-state index contributed by atoms with van der Waals surface area (Å²) in [5, 5.41) is 9.89. The van der Waals surface area contributed by atoms with Crippen LogP contribution in [-0.2, 0) is 0 Å². The van der Waals surface area contributed by atoms with Gasteiger partial charge in [-0.15, -0.1) is 0 Å². The summed E-state index contributed by atoms with van der Waals surface area (Å²) in [7, 11) is 0. The molecule has 0 aromatic heterocycles. The zero-order chi connectivity index (χ0) is 10.2. The van der Waals surface area contributed by atoms with Crippen molar-refractivity contribution < 1.29 is 5.11 Å². The molecule has 0 aliphatic heterocycles. The van der Waals surface area contributed by atoms with E-state index < -0.39 is 5.60 Å². The summed E-state index contributed by atoms with van der Waals surface area (Å²) in [5.41, 5.74) is -0.491. The number of rotatable bonds is 7. The first-order valence-corrected chi connectivity index (χ1v) is 6.34. The maximum atomic E-state index is 9.89. The third kappa shape index (κ3) is 8.75. The van der Waals surface area contributed by atoms with E-state index in [-0.39, 0.29) is 0 Å². The summed E-state index contributed by atoms with van der Waals surface area (Å²) >= 11 is 2.19. The molecule has 0 heterocycles. The maximum Gasteiger partial charge on any atom is 0.0654 e. The topological polar surface area (TPSA) is 20.2 Å². The first-order chi connectivity index (χ1) is 6.12. The van der Waals surface area contributed by atoms with Crippen LogP contribution in [0.15, 0.2) is 10.2 Å². The van der Waals surface area contributed by atoms with Crippen molar-refractivity contribution in [2.45, 2.75) is 58.0 Å². The summed E-state index contributed by atoms with van der Waals surface area (Å²) in [6.07, 6.45) is 8.68. The van der Waals surface area contributed by atoms with Gasteiger partial charge in [-0.25, -0.2) is 0 Å². The standard InChI is InChI=1S/C11H21IO/c1-3-4-5-6-8-11(2,13)9-7-10-12/h7,10,13H,3-6,8-9H2,1-2H3. The minimum Gasteiger partial charge on any atom is -0.390 e. The predicted octanol–water partition coefficient (Wildman–Crippen LogP) is 4.05. The van der Waals surface area contributed by atoms with Crippen molar-refractivity contribution in [2.75, 3.05) is 0 Å². The van der Waals surface area contributed by atoms with E-state index in [1.165, 1.54) is 19.3 Å². The Kier molecular flexibility index (Phi) is 8.06. The Balaban J connectivity index is 3.50. The second kappa shape index (κ2) is 7.80. The fraction of sp³-hybridized carbons (Fsp3) is 0.818. The largest absolute Gasteiger partial charge is 0.390 e. The molecule has 0 aromatic rings. The van der Waals surface area contributed by atoms with Crippen molar-refractivity contribution in [1.82, 2.24) is 0 Å². The first-order valence-electron chi connectivity index (χ1n) is 5.10. The fourth-order valence-corrected chi connectivity index (χ4v) is 1.59. The molecule has 0 saturated heterocycles. The minimum absolute atomic E-state index is 0.491. The highest BCUT2D eigenvalue weighted by atomic mass is 127. The lowest BCUT2D eigenvalue weighted by atomic mass is 9.95. The van der Waals surface area contributed by atoms with E-state index in [0.717, 1.165) is 19.3 Å². The van der Waals surface area contributed by atoms with Crippen LogP contribution >= 0.6 is 22.6 Å². The molecule has 0 radical (unpaired) electrons. The highest BCUT2D eigenvalue weighted by molar-refractivity contribution is 14.1. The van der Waals surface area contributed by atoms with E-state index in [1.54, 1.807) is 0 Å². The van der Waals surface area contributed by atoms with Gasteiger partial charge in [-0.1, -0.05) is 61.3 Å². The number of halogens is 1. The first kappa shape index (κ1) is 13.4. The van der Waals surface area contributed by atoms with Gasteiger partial charge in [-0.3, -0.25) is 0 Å². The van der Waals surface area contributed by atoms with E-state index in [0.29, 0.717) is 0 Å². The number of unbranched alkanes of at least 4 members (excludes halogenated alkanes) is 3. The molecule has 13 heavy (non-hydrogen) atoms. The molecule has 0 aromatic carbocycles. The van der Waals surface area contributed by atoms with Crippen molar-refractivity contribution in [1.29, 1.82) is 0 Å². The zero-order valence-electron chi connectivity index (χ0n) is 8.72. The molecule has 1 unspecified atom stereocenters. The lowest BCUT2D eigenvalue weighted by Gasteiger charge is -2.21. The van der Waals surface area contributed by atoms with Gasteiger partial charge < -0.3 is 5.11 Å². The zero-order valence-corrected chi connectivity index (χ0v) is 10.9. The highest BCUT2D eigenvalue weighted by Gasteiger charge is 2.17. The van der Waals surface area contributed by atoms with Crippen molar-refractivity contribution >= 4 is 22.6 Å². The quantitative estimate of drug-likeness (QED) is 0.555. The molecule has 1 nitrogen and oxygen atoms in total. The van der Waals surface area contributed by atoms with Gasteiger partial charge in [-0.2, -0.15) is 0 Å². The van der Waals surface area contributed by atoms with Crippen molar-refractivity contribution in [3.63, 3.8) is 0 Å². The van der Waals surface area contributed by atoms with E-state index in [9.17, 15) is 5.11 Å². The normalized spacial score (nSPS) is 16.3. The monoisotopic (exact) mass is 296 g/mol. The Hall–Kier alpha value is 0.430. The van der Waals surface area contributed by atoms with Gasteiger partial charge in [-0.05, 0) is 23.8 Å². The molecule has 1 N–H and O–H groups in total. The van der Waals surface area contributed by atoms with Crippen LogP contribution in [0.3, 0.4) is 0 Å². The van der Waals surface area contributed by atoms with E-state index in [2.05, 4.69) is 29.5 Å². The van der Waals surface area contributed by atoms with Gasteiger partial charge in [0, 0.05) is 0 Å². The van der Waals surface area contributed by atoms with Gasteiger partial charge in [0.25, 0.3) is 0 Å². The lowest BCUT2D eigenvalue weighted by molar-refractivity contribution is 0.0513. The maximum absolute atomic E-state index is 9.89. The summed E-state index contributed by atoms with van der Waals surface area (Å²) in [5.74, 6) is 0. The molecular formula is C11H21IO. The van der Waals surface area contributed by atoms with Crippen LogP contribution in [-0.4, -0.2) is 10.7 Å². The van der Waals surface area contributed by atoms with E-state index in [1.807, 2.05) is 17.1 Å². The Morgan fingerprint density at radius 2 is 2.00 bits per heavy atom. The molecule has 0 saturated carbocycles. The summed E-state index contributed by atoms with van der Waals surface area (Å²) in [6, 6.07) is 0. The summed E-state index contributed by atoms with van der Waals surface area (Å²) in [6.45, 7) is 4.13. The van der Waals surface area contributed by atoms with Gasteiger partial charge in [0.1, 0.15) is 0 Å². The fourth-order valence-electron chi connectivity index (χ4n) is 1.33. The van der Waals surface area contributed by atoms with Crippen LogP contribution in [0.5, 0.6) is 0 Å². The Morgan fingerprint density at radius 1 is 1.31 bits per heavy atom. The van der Waals surface area contributed by atoms with Crippen LogP contribution < -0.4 is 0 Å². The van der Waals surface area contributed by atoms with Gasteiger partial charge in [0.15, 0.2) is 0 Å². The lowest BCUT2D eigenvalue weighted by Crippen LogP contribution is -2.22. The van der Waals surface area contributed by atoms with Crippen molar-refractivity contribution in [2.24, 2.45) is 0 Å². The Bertz CT molecular complexity index is 141. The molecule has 0 fully saturated rings. The number of hydrogen-bond acceptors (Lipinski definition) is 1. The average molecular weight is 296 g/mol. The summed E-state index contributed by atoms with van der Waals surface area (Å²) in [4.78, 5) is 0. The van der Waals surface area contributed by atoms with E-state index in [4.69, 9.17) is 0 Å². The average Bonchev–Trinajstić information content (AvgIpc) is 2.09. The minimum atomic E-state index is -0.491. The van der Waals surface area contributed by atoms with Crippen LogP contribution in [0.25, 0.3) is 0 Å². The van der Waals surface area contributed by atoms with Crippen molar-refractivity contribution in [3.8, 4) is 0 Å². The molecule has 0 amide bonds.